The fourth-order valence-corrected chi connectivity index (χ4v) is 2.41. The fraction of sp³-hybridized carbons (Fsp3) is 0.538. The maximum atomic E-state index is 8.92. The van der Waals surface area contributed by atoms with Crippen LogP contribution in [-0.4, -0.2) is 35.1 Å². The molecule has 2 rings (SSSR count). The lowest BCUT2D eigenvalue weighted by molar-refractivity contribution is 0.274. The summed E-state index contributed by atoms with van der Waals surface area (Å²) in [6.07, 6.45) is 2.69. The Morgan fingerprint density at radius 3 is 3.00 bits per heavy atom. The highest BCUT2D eigenvalue weighted by atomic mass is 35.5. The number of nitrogens with zero attached hydrogens (tertiary/aromatic N) is 3. The molecule has 2 heterocycles. The fourth-order valence-electron chi connectivity index (χ4n) is 2.20. The van der Waals surface area contributed by atoms with Gasteiger partial charge in [0.05, 0.1) is 5.56 Å². The van der Waals surface area contributed by atoms with E-state index in [0.717, 1.165) is 19.5 Å². The van der Waals surface area contributed by atoms with Crippen LogP contribution in [-0.2, 0) is 0 Å². The van der Waals surface area contributed by atoms with Gasteiger partial charge in [-0.1, -0.05) is 11.6 Å². The maximum Gasteiger partial charge on any atom is 0.146 e. The summed E-state index contributed by atoms with van der Waals surface area (Å²) in [5, 5.41) is 12.7. The molecule has 0 aromatic carbocycles. The Kier molecular flexibility index (Phi) is 4.05. The first-order valence-corrected chi connectivity index (χ1v) is 6.54. The number of hydrogen-bond donors (Lipinski definition) is 1. The number of nitriles is 1. The molecule has 1 aromatic rings. The Morgan fingerprint density at radius 1 is 1.61 bits per heavy atom. The van der Waals surface area contributed by atoms with Crippen LogP contribution in [0.2, 0.25) is 5.02 Å². The van der Waals surface area contributed by atoms with Gasteiger partial charge in [-0.05, 0) is 26.3 Å². The van der Waals surface area contributed by atoms with Gasteiger partial charge in [0.1, 0.15) is 16.9 Å². The van der Waals surface area contributed by atoms with Crippen molar-refractivity contribution >= 4 is 17.4 Å². The third kappa shape index (κ3) is 2.74. The van der Waals surface area contributed by atoms with Crippen molar-refractivity contribution in [3.63, 3.8) is 0 Å². The Hall–Kier alpha value is -1.31. The largest absolute Gasteiger partial charge is 0.365 e. The summed E-state index contributed by atoms with van der Waals surface area (Å²) in [7, 11) is 0. The van der Waals surface area contributed by atoms with E-state index in [-0.39, 0.29) is 0 Å². The highest BCUT2D eigenvalue weighted by Crippen LogP contribution is 2.25. The average Bonchev–Trinajstić information content (AvgIpc) is 2.80. The molecule has 0 unspecified atom stereocenters. The minimum atomic E-state index is 0.353. The van der Waals surface area contributed by atoms with E-state index in [0.29, 0.717) is 28.5 Å². The molecule has 0 spiro atoms. The summed E-state index contributed by atoms with van der Waals surface area (Å²) in [5.74, 6) is 0.617. The zero-order chi connectivity index (χ0) is 13.1. The maximum absolute atomic E-state index is 8.92. The van der Waals surface area contributed by atoms with E-state index in [1.807, 2.05) is 0 Å². The van der Waals surface area contributed by atoms with E-state index in [9.17, 15) is 0 Å². The van der Waals surface area contributed by atoms with Gasteiger partial charge in [0.25, 0.3) is 0 Å². The second-order valence-electron chi connectivity index (χ2n) is 4.85. The summed E-state index contributed by atoms with van der Waals surface area (Å²) in [6.45, 7) is 6.48. The van der Waals surface area contributed by atoms with Crippen LogP contribution in [0.3, 0.4) is 0 Å². The molecule has 1 atom stereocenters. The smallest absolute Gasteiger partial charge is 0.146 e. The number of rotatable bonds is 3. The van der Waals surface area contributed by atoms with E-state index in [2.05, 4.69) is 35.1 Å². The highest BCUT2D eigenvalue weighted by molar-refractivity contribution is 6.34. The van der Waals surface area contributed by atoms with Gasteiger partial charge in [-0.2, -0.15) is 5.26 Å². The van der Waals surface area contributed by atoms with Crippen LogP contribution in [0.4, 0.5) is 5.82 Å². The van der Waals surface area contributed by atoms with Crippen LogP contribution in [0, 0.1) is 11.3 Å². The van der Waals surface area contributed by atoms with E-state index in [4.69, 9.17) is 16.9 Å². The minimum absolute atomic E-state index is 0.353. The second-order valence-corrected chi connectivity index (χ2v) is 5.23. The monoisotopic (exact) mass is 264 g/mol. The number of aromatic nitrogens is 1. The third-order valence-electron chi connectivity index (χ3n) is 3.30. The van der Waals surface area contributed by atoms with Crippen molar-refractivity contribution in [2.75, 3.05) is 18.4 Å². The first-order chi connectivity index (χ1) is 8.61. The average molecular weight is 265 g/mol. The second kappa shape index (κ2) is 5.55. The van der Waals surface area contributed by atoms with Crippen molar-refractivity contribution in [2.45, 2.75) is 32.4 Å². The van der Waals surface area contributed by atoms with Crippen LogP contribution in [0.25, 0.3) is 0 Å². The third-order valence-corrected chi connectivity index (χ3v) is 3.68. The van der Waals surface area contributed by atoms with Gasteiger partial charge in [0.15, 0.2) is 0 Å². The van der Waals surface area contributed by atoms with Crippen LogP contribution in [0.15, 0.2) is 12.3 Å². The number of pyridine rings is 1. The van der Waals surface area contributed by atoms with E-state index >= 15 is 0 Å². The van der Waals surface area contributed by atoms with Crippen molar-refractivity contribution in [1.29, 1.82) is 5.26 Å². The normalized spacial score (nSPS) is 20.1. The molecule has 5 heteroatoms. The van der Waals surface area contributed by atoms with E-state index < -0.39 is 0 Å². The molecule has 0 radical (unpaired) electrons. The molecule has 1 aliphatic rings. The molecule has 1 saturated heterocycles. The predicted molar refractivity (Wildman–Crippen MR) is 72.7 cm³/mol. The molecule has 1 fully saturated rings. The summed E-state index contributed by atoms with van der Waals surface area (Å²) in [5.41, 5.74) is 0.466. The lowest BCUT2D eigenvalue weighted by Crippen LogP contribution is -2.31. The molecule has 0 saturated carbocycles. The Morgan fingerprint density at radius 2 is 2.39 bits per heavy atom. The number of likely N-dealkylation sites (tertiary alicyclic amines) is 1. The van der Waals surface area contributed by atoms with E-state index in [1.54, 1.807) is 12.3 Å². The molecule has 1 N–H and O–H groups in total. The molecule has 18 heavy (non-hydrogen) atoms. The van der Waals surface area contributed by atoms with Crippen molar-refractivity contribution in [1.82, 2.24) is 9.88 Å². The lowest BCUT2D eigenvalue weighted by atomic mass is 10.2. The molecular formula is C13H17ClN4. The van der Waals surface area contributed by atoms with Crippen molar-refractivity contribution in [3.05, 3.63) is 22.8 Å². The molecule has 0 bridgehead atoms. The van der Waals surface area contributed by atoms with Crippen LogP contribution < -0.4 is 5.32 Å². The van der Waals surface area contributed by atoms with Gasteiger partial charge >= 0.3 is 0 Å². The van der Waals surface area contributed by atoms with Crippen molar-refractivity contribution in [3.8, 4) is 6.07 Å². The van der Waals surface area contributed by atoms with Gasteiger partial charge in [0, 0.05) is 31.4 Å². The molecule has 4 nitrogen and oxygen atoms in total. The summed E-state index contributed by atoms with van der Waals surface area (Å²) >= 11 is 6.13. The predicted octanol–water partition coefficient (Wildman–Crippen LogP) is 2.50. The van der Waals surface area contributed by atoms with Gasteiger partial charge in [-0.3, -0.25) is 4.90 Å². The van der Waals surface area contributed by atoms with Gasteiger partial charge in [-0.15, -0.1) is 0 Å². The zero-order valence-corrected chi connectivity index (χ0v) is 11.4. The molecular weight excluding hydrogens is 248 g/mol. The Balaban J connectivity index is 2.05. The first-order valence-electron chi connectivity index (χ1n) is 6.17. The lowest BCUT2D eigenvalue weighted by Gasteiger charge is -2.20. The zero-order valence-electron chi connectivity index (χ0n) is 10.7. The summed E-state index contributed by atoms with van der Waals surface area (Å²) in [6, 6.07) is 4.61. The van der Waals surface area contributed by atoms with Crippen LogP contribution in [0.1, 0.15) is 25.8 Å². The standard InChI is InChI=1S/C13H17ClN4/c1-9(2)18-6-4-11(8-18)17-13-12(14)10(7-15)3-5-16-13/h3,5,9,11H,4,6,8H2,1-2H3,(H,16,17)/t11-/m0/s1. The number of hydrogen-bond acceptors (Lipinski definition) is 4. The Bertz CT molecular complexity index is 467. The Labute approximate surface area is 113 Å². The molecule has 1 aliphatic heterocycles. The van der Waals surface area contributed by atoms with Gasteiger partial charge < -0.3 is 5.32 Å². The molecule has 96 valence electrons. The highest BCUT2D eigenvalue weighted by Gasteiger charge is 2.24. The van der Waals surface area contributed by atoms with Crippen molar-refractivity contribution in [2.24, 2.45) is 0 Å². The summed E-state index contributed by atoms with van der Waals surface area (Å²) in [4.78, 5) is 6.62. The number of nitrogens with one attached hydrogen (secondary N) is 1. The van der Waals surface area contributed by atoms with Gasteiger partial charge in [0.2, 0.25) is 0 Å². The van der Waals surface area contributed by atoms with Gasteiger partial charge in [-0.25, -0.2) is 4.98 Å². The SMILES string of the molecule is CC(C)N1CC[C@H](Nc2nccc(C#N)c2Cl)C1. The number of anilines is 1. The van der Waals surface area contributed by atoms with Crippen molar-refractivity contribution < 1.29 is 0 Å². The van der Waals surface area contributed by atoms with E-state index in [1.165, 1.54) is 0 Å². The molecule has 0 amide bonds. The van der Waals surface area contributed by atoms with Crippen LogP contribution in [0.5, 0.6) is 0 Å². The van der Waals surface area contributed by atoms with Crippen LogP contribution >= 0.6 is 11.6 Å². The molecule has 0 aliphatic carbocycles. The first kappa shape index (κ1) is 13.1. The minimum Gasteiger partial charge on any atom is -0.365 e. The quantitative estimate of drug-likeness (QED) is 0.911. The summed E-state index contributed by atoms with van der Waals surface area (Å²) < 4.78 is 0. The number of halogens is 1. The molecule has 1 aromatic heterocycles. The topological polar surface area (TPSA) is 52.0 Å².